The Balaban J connectivity index is 1.80. The molecule has 0 aromatic heterocycles. The van der Waals surface area contributed by atoms with Gasteiger partial charge in [-0.25, -0.2) is 8.42 Å². The molecule has 10 heteroatoms. The summed E-state index contributed by atoms with van der Waals surface area (Å²) in [6.07, 6.45) is 0.942. The summed E-state index contributed by atoms with van der Waals surface area (Å²) in [5.74, 6) is -0.854. The molecular formula is C34H35BrClN3O4S. The average Bonchev–Trinajstić information content (AvgIpc) is 3.02. The SMILES string of the molecule is CCC(C)NC(=O)C(Cc1ccccc1)N(Cc1cccc(Cl)c1)C(=O)CN(c1ccc(Br)cc1)S(=O)(=O)c1ccccc1. The molecule has 4 rings (SSSR count). The Kier molecular flexibility index (Phi) is 11.6. The lowest BCUT2D eigenvalue weighted by atomic mass is 10.0. The number of halogens is 2. The van der Waals surface area contributed by atoms with E-state index >= 15 is 0 Å². The van der Waals surface area contributed by atoms with Crippen LogP contribution in [0.15, 0.2) is 119 Å². The van der Waals surface area contributed by atoms with Crippen molar-refractivity contribution in [1.29, 1.82) is 0 Å². The smallest absolute Gasteiger partial charge is 0.264 e. The van der Waals surface area contributed by atoms with Crippen molar-refractivity contribution in [2.75, 3.05) is 10.8 Å². The van der Waals surface area contributed by atoms with E-state index in [1.165, 1.54) is 17.0 Å². The molecule has 0 bridgehead atoms. The third-order valence-corrected chi connectivity index (χ3v) is 9.79. The summed E-state index contributed by atoms with van der Waals surface area (Å²) in [6.45, 7) is 3.39. The van der Waals surface area contributed by atoms with E-state index in [0.29, 0.717) is 22.7 Å². The fraction of sp³-hybridized carbons (Fsp3) is 0.235. The molecule has 2 amide bonds. The molecule has 0 aliphatic carbocycles. The average molecular weight is 697 g/mol. The Morgan fingerprint density at radius 1 is 0.864 bits per heavy atom. The van der Waals surface area contributed by atoms with Crippen LogP contribution in [0, 0.1) is 0 Å². The second kappa shape index (κ2) is 15.4. The first-order valence-electron chi connectivity index (χ1n) is 14.3. The number of benzene rings is 4. The van der Waals surface area contributed by atoms with E-state index in [0.717, 1.165) is 14.3 Å². The minimum atomic E-state index is -4.15. The van der Waals surface area contributed by atoms with E-state index in [2.05, 4.69) is 21.2 Å². The molecule has 4 aromatic rings. The van der Waals surface area contributed by atoms with E-state index in [4.69, 9.17) is 11.6 Å². The molecule has 230 valence electrons. The normalized spacial score (nSPS) is 12.6. The van der Waals surface area contributed by atoms with Crippen LogP contribution in [-0.2, 0) is 32.6 Å². The zero-order valence-corrected chi connectivity index (χ0v) is 27.7. The van der Waals surface area contributed by atoms with Crippen molar-refractivity contribution in [2.24, 2.45) is 0 Å². The van der Waals surface area contributed by atoms with Gasteiger partial charge in [0, 0.05) is 28.5 Å². The van der Waals surface area contributed by atoms with Crippen LogP contribution in [0.1, 0.15) is 31.4 Å². The molecule has 0 saturated carbocycles. The first-order valence-corrected chi connectivity index (χ1v) is 16.9. The quantitative estimate of drug-likeness (QED) is 0.166. The van der Waals surface area contributed by atoms with Gasteiger partial charge in [0.1, 0.15) is 12.6 Å². The van der Waals surface area contributed by atoms with E-state index in [9.17, 15) is 18.0 Å². The number of amides is 2. The van der Waals surface area contributed by atoms with Gasteiger partial charge in [-0.15, -0.1) is 0 Å². The van der Waals surface area contributed by atoms with Crippen LogP contribution in [0.5, 0.6) is 0 Å². The summed E-state index contributed by atoms with van der Waals surface area (Å²) in [7, 11) is -4.15. The van der Waals surface area contributed by atoms with Crippen molar-refractivity contribution in [1.82, 2.24) is 10.2 Å². The van der Waals surface area contributed by atoms with Crippen LogP contribution < -0.4 is 9.62 Å². The molecule has 2 atom stereocenters. The number of hydrogen-bond acceptors (Lipinski definition) is 4. The molecule has 1 N–H and O–H groups in total. The third-order valence-electron chi connectivity index (χ3n) is 7.24. The Labute approximate surface area is 273 Å². The number of sulfonamides is 1. The van der Waals surface area contributed by atoms with Gasteiger partial charge < -0.3 is 10.2 Å². The van der Waals surface area contributed by atoms with Crippen LogP contribution in [0.3, 0.4) is 0 Å². The van der Waals surface area contributed by atoms with Gasteiger partial charge in [0.05, 0.1) is 10.6 Å². The second-order valence-electron chi connectivity index (χ2n) is 10.5. The molecule has 0 fully saturated rings. The molecule has 0 aliphatic rings. The standard InChI is InChI=1S/C34H35BrClN3O4S/c1-3-25(2)37-34(41)32(22-26-11-6-4-7-12-26)38(23-27-13-10-14-29(36)21-27)33(40)24-39(30-19-17-28(35)18-20-30)44(42,43)31-15-8-5-9-16-31/h4-21,25,32H,3,22-24H2,1-2H3,(H,37,41). The maximum absolute atomic E-state index is 14.5. The highest BCUT2D eigenvalue weighted by atomic mass is 79.9. The van der Waals surface area contributed by atoms with Gasteiger partial charge >= 0.3 is 0 Å². The molecule has 0 spiro atoms. The minimum Gasteiger partial charge on any atom is -0.352 e. The summed E-state index contributed by atoms with van der Waals surface area (Å²) in [6, 6.07) is 30.2. The third kappa shape index (κ3) is 8.71. The molecule has 0 heterocycles. The molecule has 7 nitrogen and oxygen atoms in total. The summed E-state index contributed by atoms with van der Waals surface area (Å²) < 4.78 is 29.9. The number of nitrogens with one attached hydrogen (secondary N) is 1. The highest BCUT2D eigenvalue weighted by Crippen LogP contribution is 2.26. The van der Waals surface area contributed by atoms with Crippen LogP contribution >= 0.6 is 27.5 Å². The zero-order chi connectivity index (χ0) is 31.7. The lowest BCUT2D eigenvalue weighted by Gasteiger charge is -2.34. The maximum atomic E-state index is 14.5. The van der Waals surface area contributed by atoms with Crippen molar-refractivity contribution >= 4 is 55.1 Å². The van der Waals surface area contributed by atoms with Crippen LogP contribution in [0.4, 0.5) is 5.69 Å². The van der Waals surface area contributed by atoms with Crippen molar-refractivity contribution in [3.05, 3.63) is 130 Å². The maximum Gasteiger partial charge on any atom is 0.264 e. The molecule has 0 saturated heterocycles. The van der Waals surface area contributed by atoms with Gasteiger partial charge in [0.2, 0.25) is 11.8 Å². The van der Waals surface area contributed by atoms with Gasteiger partial charge in [-0.2, -0.15) is 0 Å². The van der Waals surface area contributed by atoms with Gasteiger partial charge in [-0.05, 0) is 73.0 Å². The fourth-order valence-electron chi connectivity index (χ4n) is 4.68. The number of hydrogen-bond donors (Lipinski definition) is 1. The molecule has 0 aliphatic heterocycles. The lowest BCUT2D eigenvalue weighted by molar-refractivity contribution is -0.140. The van der Waals surface area contributed by atoms with Crippen molar-refractivity contribution < 1.29 is 18.0 Å². The number of carbonyl (C=O) groups is 2. The van der Waals surface area contributed by atoms with Crippen molar-refractivity contribution in [3.63, 3.8) is 0 Å². The number of anilines is 1. The largest absolute Gasteiger partial charge is 0.352 e. The monoisotopic (exact) mass is 695 g/mol. The molecule has 44 heavy (non-hydrogen) atoms. The van der Waals surface area contributed by atoms with Crippen LogP contribution in [0.2, 0.25) is 5.02 Å². The summed E-state index contributed by atoms with van der Waals surface area (Å²) in [4.78, 5) is 29.8. The predicted octanol–water partition coefficient (Wildman–Crippen LogP) is 6.85. The zero-order valence-electron chi connectivity index (χ0n) is 24.6. The number of carbonyl (C=O) groups excluding carboxylic acids is 2. The van der Waals surface area contributed by atoms with Crippen molar-refractivity contribution in [3.8, 4) is 0 Å². The number of nitrogens with zero attached hydrogens (tertiary/aromatic N) is 2. The van der Waals surface area contributed by atoms with Gasteiger partial charge in [0.25, 0.3) is 10.0 Å². The Morgan fingerprint density at radius 2 is 1.48 bits per heavy atom. The Bertz CT molecular complexity index is 1660. The van der Waals surface area contributed by atoms with Crippen LogP contribution in [0.25, 0.3) is 0 Å². The van der Waals surface area contributed by atoms with Gasteiger partial charge in [0.15, 0.2) is 0 Å². The van der Waals surface area contributed by atoms with E-state index < -0.39 is 28.5 Å². The number of rotatable bonds is 13. The second-order valence-corrected chi connectivity index (χ2v) is 13.7. The first-order chi connectivity index (χ1) is 21.1. The van der Waals surface area contributed by atoms with E-state index in [1.807, 2.05) is 50.2 Å². The van der Waals surface area contributed by atoms with Gasteiger partial charge in [-0.1, -0.05) is 95.1 Å². The Hall–Kier alpha value is -3.66. The minimum absolute atomic E-state index is 0.0460. The van der Waals surface area contributed by atoms with E-state index in [-0.39, 0.29) is 29.8 Å². The summed E-state index contributed by atoms with van der Waals surface area (Å²) in [5.41, 5.74) is 1.89. The van der Waals surface area contributed by atoms with Gasteiger partial charge in [-0.3, -0.25) is 13.9 Å². The fourth-order valence-corrected chi connectivity index (χ4v) is 6.60. The summed E-state index contributed by atoms with van der Waals surface area (Å²) >= 11 is 9.70. The topological polar surface area (TPSA) is 86.8 Å². The summed E-state index contributed by atoms with van der Waals surface area (Å²) in [5, 5.41) is 3.52. The van der Waals surface area contributed by atoms with Crippen LogP contribution in [-0.4, -0.2) is 43.8 Å². The predicted molar refractivity (Wildman–Crippen MR) is 179 cm³/mol. The Morgan fingerprint density at radius 3 is 2.09 bits per heavy atom. The highest BCUT2D eigenvalue weighted by molar-refractivity contribution is 9.10. The van der Waals surface area contributed by atoms with Crippen molar-refractivity contribution in [2.45, 2.75) is 50.2 Å². The molecule has 4 aromatic carbocycles. The lowest BCUT2D eigenvalue weighted by Crippen LogP contribution is -2.54. The molecular weight excluding hydrogens is 662 g/mol. The van der Waals surface area contributed by atoms with E-state index in [1.54, 1.807) is 60.7 Å². The highest BCUT2D eigenvalue weighted by Gasteiger charge is 2.35. The first kappa shape index (κ1) is 33.2. The molecule has 0 radical (unpaired) electrons. The molecule has 2 unspecified atom stereocenters.